The second kappa shape index (κ2) is 11.7. The molecule has 0 atom stereocenters. The number of nitrogens with one attached hydrogen (secondary N) is 1. The zero-order chi connectivity index (χ0) is 28.3. The molecule has 3 heterocycles. The van der Waals surface area contributed by atoms with Crippen LogP contribution in [0.25, 0.3) is 11.0 Å². The van der Waals surface area contributed by atoms with Crippen molar-refractivity contribution < 1.29 is 17.4 Å². The molecule has 0 spiro atoms. The fourth-order valence-corrected chi connectivity index (χ4v) is 5.92. The number of hydrogen-bond donors (Lipinski definition) is 1. The van der Waals surface area contributed by atoms with Crippen LogP contribution in [0.15, 0.2) is 59.8 Å². The first-order chi connectivity index (χ1) is 19.2. The molecular formula is C29H34N6O4S. The zero-order valence-corrected chi connectivity index (χ0v) is 23.8. The quantitative estimate of drug-likeness (QED) is 0.211. The highest BCUT2D eigenvalue weighted by Gasteiger charge is 2.26. The highest BCUT2D eigenvalue weighted by atomic mass is 32.2. The Bertz CT molecular complexity index is 1590. The maximum atomic E-state index is 12.9. The molecule has 0 aliphatic heterocycles. The molecule has 210 valence electrons. The van der Waals surface area contributed by atoms with Crippen LogP contribution >= 0.6 is 0 Å². The van der Waals surface area contributed by atoms with Gasteiger partial charge in [0.2, 0.25) is 5.95 Å². The summed E-state index contributed by atoms with van der Waals surface area (Å²) in [6, 6.07) is 12.5. The van der Waals surface area contributed by atoms with Crippen molar-refractivity contribution in [2.45, 2.75) is 56.4 Å². The van der Waals surface area contributed by atoms with Crippen molar-refractivity contribution >= 4 is 38.8 Å². The van der Waals surface area contributed by atoms with E-state index in [1.54, 1.807) is 55.7 Å². The molecule has 1 amide bonds. The molecule has 1 saturated carbocycles. The summed E-state index contributed by atoms with van der Waals surface area (Å²) < 4.78 is 31.9. The number of carbonyl (C=O) groups is 1. The van der Waals surface area contributed by atoms with E-state index in [-0.39, 0.29) is 23.5 Å². The Labute approximate surface area is 234 Å². The summed E-state index contributed by atoms with van der Waals surface area (Å²) in [5.41, 5.74) is 3.32. The SMILES string of the molecule is Cc1ccc(S(=O)(=O)OCCCc2ccc(Nc3ncc4cc(C(=O)N(C)C)n(C5CCCC5)c4n3)nc2)cc1. The van der Waals surface area contributed by atoms with Gasteiger partial charge in [0.15, 0.2) is 0 Å². The lowest BCUT2D eigenvalue weighted by molar-refractivity contribution is 0.0815. The van der Waals surface area contributed by atoms with Crippen LogP contribution < -0.4 is 5.32 Å². The predicted octanol–water partition coefficient (Wildman–Crippen LogP) is 5.03. The zero-order valence-electron chi connectivity index (χ0n) is 23.0. The van der Waals surface area contributed by atoms with Gasteiger partial charge in [-0.3, -0.25) is 8.98 Å². The molecule has 1 aliphatic rings. The van der Waals surface area contributed by atoms with Crippen LogP contribution in [-0.2, 0) is 20.7 Å². The van der Waals surface area contributed by atoms with Crippen molar-refractivity contribution in [1.82, 2.24) is 24.4 Å². The van der Waals surface area contributed by atoms with Gasteiger partial charge >= 0.3 is 0 Å². The summed E-state index contributed by atoms with van der Waals surface area (Å²) in [5, 5.41) is 4.00. The molecule has 10 nitrogen and oxygen atoms in total. The van der Waals surface area contributed by atoms with Crippen molar-refractivity contribution in [3.63, 3.8) is 0 Å². The van der Waals surface area contributed by atoms with E-state index >= 15 is 0 Å². The third-order valence-electron chi connectivity index (χ3n) is 7.11. The first kappa shape index (κ1) is 27.7. The van der Waals surface area contributed by atoms with Gasteiger partial charge in [-0.25, -0.2) is 9.97 Å². The Kier molecular flexibility index (Phi) is 8.13. The van der Waals surface area contributed by atoms with Crippen LogP contribution in [0.4, 0.5) is 11.8 Å². The van der Waals surface area contributed by atoms with Crippen LogP contribution in [0.2, 0.25) is 0 Å². The number of benzene rings is 1. The van der Waals surface area contributed by atoms with Crippen molar-refractivity contribution in [2.24, 2.45) is 0 Å². The van der Waals surface area contributed by atoms with Crippen LogP contribution in [0.5, 0.6) is 0 Å². The van der Waals surface area contributed by atoms with E-state index in [9.17, 15) is 13.2 Å². The van der Waals surface area contributed by atoms with Gasteiger partial charge in [-0.1, -0.05) is 36.6 Å². The van der Waals surface area contributed by atoms with Gasteiger partial charge in [-0.2, -0.15) is 13.4 Å². The second-order valence-corrected chi connectivity index (χ2v) is 12.0. The number of nitrogens with zero attached hydrogens (tertiary/aromatic N) is 5. The van der Waals surface area contributed by atoms with Crippen LogP contribution in [0, 0.1) is 6.92 Å². The van der Waals surface area contributed by atoms with Gasteiger partial charge in [-0.05, 0) is 62.4 Å². The molecule has 1 aromatic carbocycles. The fourth-order valence-electron chi connectivity index (χ4n) is 4.97. The molecule has 1 aliphatic carbocycles. The molecule has 0 radical (unpaired) electrons. The smallest absolute Gasteiger partial charge is 0.296 e. The van der Waals surface area contributed by atoms with E-state index in [1.165, 1.54) is 0 Å². The highest BCUT2D eigenvalue weighted by molar-refractivity contribution is 7.86. The number of hydrogen-bond acceptors (Lipinski definition) is 8. The van der Waals surface area contributed by atoms with Gasteiger partial charge in [0, 0.05) is 37.9 Å². The minimum atomic E-state index is -3.77. The number of aryl methyl sites for hydroxylation is 2. The molecule has 5 rings (SSSR count). The standard InChI is InChI=1S/C29H34N6O4S/c1-20-10-13-24(14-11-20)40(37,38)39-16-6-7-21-12-15-26(30-18-21)32-29-31-19-22-17-25(28(36)34(2)3)35(27(22)33-29)23-8-4-5-9-23/h10-15,17-19,23H,4-9,16H2,1-3H3,(H,30,31,32,33). The van der Waals surface area contributed by atoms with E-state index in [0.29, 0.717) is 30.3 Å². The van der Waals surface area contributed by atoms with Gasteiger partial charge in [0.05, 0.1) is 11.5 Å². The third-order valence-corrected chi connectivity index (χ3v) is 8.44. The Morgan fingerprint density at radius 1 is 1.07 bits per heavy atom. The minimum absolute atomic E-state index is 0.0465. The van der Waals surface area contributed by atoms with Gasteiger partial charge in [-0.15, -0.1) is 0 Å². The van der Waals surface area contributed by atoms with Crippen molar-refractivity contribution in [2.75, 3.05) is 26.0 Å². The summed E-state index contributed by atoms with van der Waals surface area (Å²) in [6.07, 6.45) is 8.96. The van der Waals surface area contributed by atoms with E-state index in [0.717, 1.165) is 47.8 Å². The van der Waals surface area contributed by atoms with Gasteiger partial charge in [0.25, 0.3) is 16.0 Å². The number of anilines is 2. The highest BCUT2D eigenvalue weighted by Crippen LogP contribution is 2.35. The average molecular weight is 563 g/mol. The maximum absolute atomic E-state index is 12.9. The lowest BCUT2D eigenvalue weighted by Gasteiger charge is -2.19. The van der Waals surface area contributed by atoms with Crippen molar-refractivity contribution in [3.8, 4) is 0 Å². The van der Waals surface area contributed by atoms with Gasteiger partial charge in [0.1, 0.15) is 17.2 Å². The van der Waals surface area contributed by atoms with E-state index in [1.807, 2.05) is 25.1 Å². The molecule has 4 aromatic rings. The Morgan fingerprint density at radius 3 is 2.50 bits per heavy atom. The fraction of sp³-hybridized carbons (Fsp3) is 0.379. The summed E-state index contributed by atoms with van der Waals surface area (Å²) in [6.45, 7) is 1.99. The van der Waals surface area contributed by atoms with Crippen LogP contribution in [-0.4, -0.2) is 59.4 Å². The van der Waals surface area contributed by atoms with Gasteiger partial charge < -0.3 is 14.8 Å². The Balaban J connectivity index is 1.23. The molecule has 0 unspecified atom stereocenters. The van der Waals surface area contributed by atoms with Crippen LogP contribution in [0.1, 0.15) is 59.8 Å². The van der Waals surface area contributed by atoms with Crippen molar-refractivity contribution in [3.05, 3.63) is 71.7 Å². The van der Waals surface area contributed by atoms with Crippen molar-refractivity contribution in [1.29, 1.82) is 0 Å². The van der Waals surface area contributed by atoms with E-state index in [2.05, 4.69) is 19.9 Å². The second-order valence-electron chi connectivity index (χ2n) is 10.4. The molecule has 3 aromatic heterocycles. The molecule has 1 fully saturated rings. The number of pyridine rings is 1. The molecule has 40 heavy (non-hydrogen) atoms. The number of rotatable bonds is 10. The lowest BCUT2D eigenvalue weighted by Crippen LogP contribution is -2.25. The first-order valence-corrected chi connectivity index (χ1v) is 14.9. The minimum Gasteiger partial charge on any atom is -0.343 e. The Hall–Kier alpha value is -3.83. The summed E-state index contributed by atoms with van der Waals surface area (Å²) >= 11 is 0. The van der Waals surface area contributed by atoms with Crippen LogP contribution in [0.3, 0.4) is 0 Å². The third kappa shape index (κ3) is 6.15. The summed E-state index contributed by atoms with van der Waals surface area (Å²) in [7, 11) is -0.253. The Morgan fingerprint density at radius 2 is 1.82 bits per heavy atom. The number of carbonyl (C=O) groups excluding carboxylic acids is 1. The predicted molar refractivity (Wildman–Crippen MR) is 153 cm³/mol. The van der Waals surface area contributed by atoms with E-state index in [4.69, 9.17) is 9.17 Å². The number of fused-ring (bicyclic) bond motifs is 1. The number of amides is 1. The summed E-state index contributed by atoms with van der Waals surface area (Å²) in [5.74, 6) is 0.948. The monoisotopic (exact) mass is 562 g/mol. The molecule has 0 bridgehead atoms. The lowest BCUT2D eigenvalue weighted by atomic mass is 10.2. The molecule has 0 saturated heterocycles. The van der Waals surface area contributed by atoms with E-state index < -0.39 is 10.1 Å². The number of aromatic nitrogens is 4. The molecule has 11 heteroatoms. The largest absolute Gasteiger partial charge is 0.343 e. The summed E-state index contributed by atoms with van der Waals surface area (Å²) in [4.78, 5) is 28.4. The normalized spacial score (nSPS) is 14.1. The average Bonchev–Trinajstić information content (AvgIpc) is 3.59. The molecular weight excluding hydrogens is 528 g/mol. The topological polar surface area (TPSA) is 119 Å². The maximum Gasteiger partial charge on any atom is 0.296 e. The first-order valence-electron chi connectivity index (χ1n) is 13.5. The molecule has 1 N–H and O–H groups in total.